The van der Waals surface area contributed by atoms with Crippen LogP contribution in [0.5, 0.6) is 0 Å². The van der Waals surface area contributed by atoms with Gasteiger partial charge >= 0.3 is 0 Å². The summed E-state index contributed by atoms with van der Waals surface area (Å²) in [6.07, 6.45) is 5.17. The lowest BCUT2D eigenvalue weighted by Gasteiger charge is -2.23. The first-order valence-electron chi connectivity index (χ1n) is 6.11. The van der Waals surface area contributed by atoms with Gasteiger partial charge in [0.2, 0.25) is 0 Å². The summed E-state index contributed by atoms with van der Waals surface area (Å²) in [6, 6.07) is 6.06. The molecule has 2 aliphatic heterocycles. The Labute approximate surface area is 101 Å². The molecule has 0 saturated heterocycles. The molecule has 0 bridgehead atoms. The summed E-state index contributed by atoms with van der Waals surface area (Å²) in [4.78, 5) is 14.2. The number of carbonyl (C=O) groups excluding carboxylic acids is 1. The second-order valence-electron chi connectivity index (χ2n) is 4.60. The lowest BCUT2D eigenvalue weighted by atomic mass is 10.1. The molecule has 0 spiro atoms. The van der Waals surface area contributed by atoms with Crippen LogP contribution in [0, 0.1) is 0 Å². The Morgan fingerprint density at radius 1 is 1.18 bits per heavy atom. The van der Waals surface area contributed by atoms with Crippen molar-refractivity contribution >= 4 is 5.91 Å². The molecule has 0 aliphatic carbocycles. The SMILES string of the molecule is O=C(c1ccc2c(c1)CNC2)N1CC=CCC1. The number of nitrogens with zero attached hydrogens (tertiary/aromatic N) is 1. The second kappa shape index (κ2) is 4.34. The molecule has 0 saturated carbocycles. The fraction of sp³-hybridized carbons (Fsp3) is 0.357. The molecule has 1 aromatic carbocycles. The van der Waals surface area contributed by atoms with Crippen molar-refractivity contribution in [3.63, 3.8) is 0 Å². The summed E-state index contributed by atoms with van der Waals surface area (Å²) in [6.45, 7) is 3.39. The minimum Gasteiger partial charge on any atom is -0.335 e. The Morgan fingerprint density at radius 2 is 2.06 bits per heavy atom. The fourth-order valence-corrected chi connectivity index (χ4v) is 2.44. The van der Waals surface area contributed by atoms with Crippen LogP contribution in [0.4, 0.5) is 0 Å². The van der Waals surface area contributed by atoms with E-state index in [1.807, 2.05) is 17.0 Å². The molecule has 0 fully saturated rings. The number of hydrogen-bond donors (Lipinski definition) is 1. The van der Waals surface area contributed by atoms with Gasteiger partial charge in [0, 0.05) is 31.7 Å². The zero-order valence-corrected chi connectivity index (χ0v) is 9.78. The quantitative estimate of drug-likeness (QED) is 0.742. The number of hydrogen-bond acceptors (Lipinski definition) is 2. The van der Waals surface area contributed by atoms with Crippen LogP contribution >= 0.6 is 0 Å². The van der Waals surface area contributed by atoms with E-state index in [2.05, 4.69) is 23.5 Å². The van der Waals surface area contributed by atoms with E-state index in [1.165, 1.54) is 11.1 Å². The van der Waals surface area contributed by atoms with Gasteiger partial charge in [-0.15, -0.1) is 0 Å². The van der Waals surface area contributed by atoms with Crippen molar-refractivity contribution in [2.24, 2.45) is 0 Å². The minimum absolute atomic E-state index is 0.157. The van der Waals surface area contributed by atoms with Crippen LogP contribution in [-0.4, -0.2) is 23.9 Å². The Bertz CT molecular complexity index is 479. The van der Waals surface area contributed by atoms with E-state index in [4.69, 9.17) is 0 Å². The van der Waals surface area contributed by atoms with E-state index < -0.39 is 0 Å². The summed E-state index contributed by atoms with van der Waals surface area (Å²) < 4.78 is 0. The summed E-state index contributed by atoms with van der Waals surface area (Å²) in [7, 11) is 0. The average Bonchev–Trinajstić information content (AvgIpc) is 2.86. The van der Waals surface area contributed by atoms with Crippen LogP contribution in [0.2, 0.25) is 0 Å². The lowest BCUT2D eigenvalue weighted by molar-refractivity contribution is 0.0771. The van der Waals surface area contributed by atoms with Crippen molar-refractivity contribution in [2.75, 3.05) is 13.1 Å². The molecule has 0 radical (unpaired) electrons. The van der Waals surface area contributed by atoms with Gasteiger partial charge < -0.3 is 10.2 Å². The molecule has 2 heterocycles. The smallest absolute Gasteiger partial charge is 0.254 e. The third kappa shape index (κ3) is 1.98. The number of carbonyl (C=O) groups is 1. The van der Waals surface area contributed by atoms with Gasteiger partial charge in [0.1, 0.15) is 0 Å². The fourth-order valence-electron chi connectivity index (χ4n) is 2.44. The predicted octanol–water partition coefficient (Wildman–Crippen LogP) is 1.69. The zero-order chi connectivity index (χ0) is 11.7. The van der Waals surface area contributed by atoms with E-state index in [9.17, 15) is 4.79 Å². The monoisotopic (exact) mass is 228 g/mol. The largest absolute Gasteiger partial charge is 0.335 e. The Hall–Kier alpha value is -1.61. The summed E-state index contributed by atoms with van der Waals surface area (Å²) in [5.74, 6) is 0.157. The summed E-state index contributed by atoms with van der Waals surface area (Å²) in [5.41, 5.74) is 3.41. The molecule has 1 N–H and O–H groups in total. The van der Waals surface area contributed by atoms with Gasteiger partial charge in [-0.1, -0.05) is 18.2 Å². The van der Waals surface area contributed by atoms with Crippen molar-refractivity contribution in [3.05, 3.63) is 47.0 Å². The Morgan fingerprint density at radius 3 is 2.88 bits per heavy atom. The maximum absolute atomic E-state index is 12.3. The highest BCUT2D eigenvalue weighted by atomic mass is 16.2. The first-order chi connectivity index (χ1) is 8.34. The van der Waals surface area contributed by atoms with Crippen molar-refractivity contribution in [3.8, 4) is 0 Å². The highest BCUT2D eigenvalue weighted by Gasteiger charge is 2.18. The van der Waals surface area contributed by atoms with Crippen LogP contribution in [0.1, 0.15) is 27.9 Å². The van der Waals surface area contributed by atoms with E-state index in [1.54, 1.807) is 0 Å². The van der Waals surface area contributed by atoms with E-state index >= 15 is 0 Å². The van der Waals surface area contributed by atoms with E-state index in [0.29, 0.717) is 0 Å². The van der Waals surface area contributed by atoms with Crippen molar-refractivity contribution in [1.29, 1.82) is 0 Å². The first-order valence-corrected chi connectivity index (χ1v) is 6.11. The number of nitrogens with one attached hydrogen (secondary N) is 1. The van der Waals surface area contributed by atoms with Crippen LogP contribution in [0.15, 0.2) is 30.4 Å². The molecule has 0 aromatic heterocycles. The van der Waals surface area contributed by atoms with Gasteiger partial charge in [0.05, 0.1) is 0 Å². The molecular weight excluding hydrogens is 212 g/mol. The Kier molecular flexibility index (Phi) is 2.69. The second-order valence-corrected chi connectivity index (χ2v) is 4.60. The number of amides is 1. The van der Waals surface area contributed by atoms with Crippen LogP contribution < -0.4 is 5.32 Å². The standard InChI is InChI=1S/C14H16N2O/c17-14(16-6-2-1-3-7-16)11-4-5-12-9-15-10-13(12)8-11/h1-2,4-5,8,15H,3,6-7,9-10H2. The minimum atomic E-state index is 0.157. The van der Waals surface area contributed by atoms with Crippen molar-refractivity contribution in [1.82, 2.24) is 10.2 Å². The molecule has 3 nitrogen and oxygen atoms in total. The van der Waals surface area contributed by atoms with Crippen LogP contribution in [0.25, 0.3) is 0 Å². The first kappa shape index (κ1) is 10.5. The highest BCUT2D eigenvalue weighted by molar-refractivity contribution is 5.94. The number of fused-ring (bicyclic) bond motifs is 1. The van der Waals surface area contributed by atoms with Gasteiger partial charge in [-0.3, -0.25) is 4.79 Å². The summed E-state index contributed by atoms with van der Waals surface area (Å²) in [5, 5.41) is 3.30. The molecular formula is C14H16N2O. The molecule has 3 heteroatoms. The molecule has 0 unspecified atom stereocenters. The third-order valence-electron chi connectivity index (χ3n) is 3.43. The predicted molar refractivity (Wildman–Crippen MR) is 66.6 cm³/mol. The van der Waals surface area contributed by atoms with Crippen LogP contribution in [-0.2, 0) is 13.1 Å². The third-order valence-corrected chi connectivity index (χ3v) is 3.43. The lowest BCUT2D eigenvalue weighted by Crippen LogP contribution is -2.33. The molecule has 17 heavy (non-hydrogen) atoms. The maximum Gasteiger partial charge on any atom is 0.254 e. The van der Waals surface area contributed by atoms with E-state index in [-0.39, 0.29) is 5.91 Å². The molecule has 1 amide bonds. The molecule has 1 aromatic rings. The summed E-state index contributed by atoms with van der Waals surface area (Å²) >= 11 is 0. The topological polar surface area (TPSA) is 32.3 Å². The van der Waals surface area contributed by atoms with Gasteiger partial charge in [0.15, 0.2) is 0 Å². The Balaban J connectivity index is 1.84. The van der Waals surface area contributed by atoms with Crippen LogP contribution in [0.3, 0.4) is 0 Å². The molecule has 0 atom stereocenters. The van der Waals surface area contributed by atoms with Crippen molar-refractivity contribution in [2.45, 2.75) is 19.5 Å². The average molecular weight is 228 g/mol. The van der Waals surface area contributed by atoms with Gasteiger partial charge in [-0.05, 0) is 29.7 Å². The molecule has 3 rings (SSSR count). The number of benzene rings is 1. The van der Waals surface area contributed by atoms with Gasteiger partial charge in [0.25, 0.3) is 5.91 Å². The number of rotatable bonds is 1. The van der Waals surface area contributed by atoms with Crippen molar-refractivity contribution < 1.29 is 4.79 Å². The highest BCUT2D eigenvalue weighted by Crippen LogP contribution is 2.18. The maximum atomic E-state index is 12.3. The van der Waals surface area contributed by atoms with Gasteiger partial charge in [-0.2, -0.15) is 0 Å². The molecule has 2 aliphatic rings. The zero-order valence-electron chi connectivity index (χ0n) is 9.78. The van der Waals surface area contributed by atoms with Gasteiger partial charge in [-0.25, -0.2) is 0 Å². The normalized spacial score (nSPS) is 18.2. The molecule has 88 valence electrons. The van der Waals surface area contributed by atoms with E-state index in [0.717, 1.165) is 38.2 Å².